The van der Waals surface area contributed by atoms with Crippen molar-refractivity contribution in [1.82, 2.24) is 0 Å². The molecule has 9 heteroatoms. The van der Waals surface area contributed by atoms with Crippen LogP contribution in [0.25, 0.3) is 0 Å². The third-order valence-electron chi connectivity index (χ3n) is 4.53. The van der Waals surface area contributed by atoms with Gasteiger partial charge in [-0.05, 0) is 67.9 Å². The Morgan fingerprint density at radius 2 is 1.74 bits per heavy atom. The van der Waals surface area contributed by atoms with Crippen molar-refractivity contribution in [2.24, 2.45) is 0 Å². The number of anilines is 2. The van der Waals surface area contributed by atoms with Gasteiger partial charge >= 0.3 is 0 Å². The normalized spacial score (nSPS) is 11.3. The number of amides is 1. The molecule has 162 valence electrons. The topological polar surface area (TPSA) is 66.5 Å². The van der Waals surface area contributed by atoms with Gasteiger partial charge in [0.2, 0.25) is 5.91 Å². The molecular formula is C22H19BrClFN2O3S. The maximum atomic E-state index is 14.1. The third-order valence-corrected chi connectivity index (χ3v) is 7.03. The number of sulfonamides is 1. The fourth-order valence-corrected chi connectivity index (χ4v) is 4.99. The van der Waals surface area contributed by atoms with Crippen LogP contribution in [0.5, 0.6) is 0 Å². The summed E-state index contributed by atoms with van der Waals surface area (Å²) in [6.07, 6.45) is 0. The van der Waals surface area contributed by atoms with Crippen LogP contribution in [0.15, 0.2) is 70.0 Å². The lowest BCUT2D eigenvalue weighted by Gasteiger charge is -2.26. The largest absolute Gasteiger partial charge is 0.322 e. The molecule has 31 heavy (non-hydrogen) atoms. The van der Waals surface area contributed by atoms with Crippen LogP contribution in [0.1, 0.15) is 11.1 Å². The molecule has 0 saturated carbocycles. The van der Waals surface area contributed by atoms with Crippen molar-refractivity contribution in [2.45, 2.75) is 18.7 Å². The van der Waals surface area contributed by atoms with Gasteiger partial charge in [0.15, 0.2) is 0 Å². The van der Waals surface area contributed by atoms with E-state index in [4.69, 9.17) is 11.6 Å². The first-order valence-electron chi connectivity index (χ1n) is 9.18. The average Bonchev–Trinajstić information content (AvgIpc) is 2.69. The summed E-state index contributed by atoms with van der Waals surface area (Å²) in [4.78, 5) is 12.8. The summed E-state index contributed by atoms with van der Waals surface area (Å²) in [5.41, 5.74) is 1.73. The van der Waals surface area contributed by atoms with Gasteiger partial charge in [-0.1, -0.05) is 45.2 Å². The van der Waals surface area contributed by atoms with Crippen molar-refractivity contribution < 1.29 is 17.6 Å². The van der Waals surface area contributed by atoms with Gasteiger partial charge in [0.05, 0.1) is 16.3 Å². The fourth-order valence-electron chi connectivity index (χ4n) is 2.95. The lowest BCUT2D eigenvalue weighted by Crippen LogP contribution is -2.38. The molecule has 5 nitrogen and oxygen atoms in total. The second-order valence-electron chi connectivity index (χ2n) is 6.93. The number of nitrogens with zero attached hydrogens (tertiary/aromatic N) is 1. The molecule has 0 radical (unpaired) electrons. The van der Waals surface area contributed by atoms with Gasteiger partial charge in [-0.3, -0.25) is 9.10 Å². The fraction of sp³-hybridized carbons (Fsp3) is 0.136. The number of benzene rings is 3. The molecule has 0 spiro atoms. The number of hydrogen-bond donors (Lipinski definition) is 1. The van der Waals surface area contributed by atoms with Crippen LogP contribution >= 0.6 is 27.5 Å². The molecule has 0 heterocycles. The molecule has 1 N–H and O–H groups in total. The maximum Gasteiger partial charge on any atom is 0.264 e. The molecule has 0 atom stereocenters. The highest BCUT2D eigenvalue weighted by Gasteiger charge is 2.28. The van der Waals surface area contributed by atoms with E-state index in [1.54, 1.807) is 37.3 Å². The van der Waals surface area contributed by atoms with Gasteiger partial charge in [-0.15, -0.1) is 0 Å². The molecule has 0 aliphatic heterocycles. The lowest BCUT2D eigenvalue weighted by atomic mass is 10.2. The summed E-state index contributed by atoms with van der Waals surface area (Å²) >= 11 is 9.17. The van der Waals surface area contributed by atoms with Gasteiger partial charge in [-0.2, -0.15) is 0 Å². The molecule has 0 aromatic heterocycles. The van der Waals surface area contributed by atoms with E-state index < -0.39 is 28.3 Å². The molecule has 0 aliphatic rings. The van der Waals surface area contributed by atoms with Gasteiger partial charge < -0.3 is 5.32 Å². The second-order valence-corrected chi connectivity index (χ2v) is 10.1. The minimum absolute atomic E-state index is 0.0371. The smallest absolute Gasteiger partial charge is 0.264 e. The van der Waals surface area contributed by atoms with Crippen molar-refractivity contribution in [1.29, 1.82) is 0 Å². The van der Waals surface area contributed by atoms with Crippen molar-refractivity contribution in [3.05, 3.63) is 87.1 Å². The number of aryl methyl sites for hydroxylation is 2. The first-order chi connectivity index (χ1) is 14.6. The predicted octanol–water partition coefficient (Wildman–Crippen LogP) is 5.69. The van der Waals surface area contributed by atoms with E-state index in [1.165, 1.54) is 30.3 Å². The number of rotatable bonds is 6. The number of hydrogen-bond acceptors (Lipinski definition) is 3. The number of nitrogens with one attached hydrogen (secondary N) is 1. The SMILES string of the molecule is Cc1ccc(S(=O)(=O)N(CC(=O)Nc2ccc(Br)cc2F)c2ccc(Cl)cc2C)cc1. The summed E-state index contributed by atoms with van der Waals surface area (Å²) in [7, 11) is -4.08. The summed E-state index contributed by atoms with van der Waals surface area (Å²) in [5, 5.41) is 2.87. The molecule has 0 saturated heterocycles. The number of halogens is 3. The van der Waals surface area contributed by atoms with E-state index in [1.807, 2.05) is 6.92 Å². The van der Waals surface area contributed by atoms with Crippen LogP contribution in [0.2, 0.25) is 5.02 Å². The minimum atomic E-state index is -4.08. The van der Waals surface area contributed by atoms with Gasteiger partial charge in [0.25, 0.3) is 10.0 Å². The molecule has 0 bridgehead atoms. The van der Waals surface area contributed by atoms with Crippen LogP contribution in [0.4, 0.5) is 15.8 Å². The Bertz CT molecular complexity index is 1230. The zero-order valence-electron chi connectivity index (χ0n) is 16.7. The van der Waals surface area contributed by atoms with Crippen molar-refractivity contribution in [3.8, 4) is 0 Å². The molecule has 0 aliphatic carbocycles. The van der Waals surface area contributed by atoms with E-state index in [0.29, 0.717) is 20.7 Å². The first-order valence-corrected chi connectivity index (χ1v) is 11.8. The standard InChI is InChI=1S/C22H19BrClFN2O3S/c1-14-3-7-18(8-4-14)31(29,30)27(21-10-6-17(24)11-15(21)2)13-22(28)26-20-9-5-16(23)12-19(20)25/h3-12H,13H2,1-2H3,(H,26,28). The van der Waals surface area contributed by atoms with E-state index in [2.05, 4.69) is 21.2 Å². The first kappa shape index (κ1) is 23.2. The van der Waals surface area contributed by atoms with Crippen molar-refractivity contribution >= 4 is 54.8 Å². The molecule has 0 fully saturated rings. The summed E-state index contributed by atoms with van der Waals surface area (Å²) in [6, 6.07) is 15.2. The van der Waals surface area contributed by atoms with Crippen LogP contribution in [0, 0.1) is 19.7 Å². The van der Waals surface area contributed by atoms with Gasteiger partial charge in [0.1, 0.15) is 12.4 Å². The molecule has 1 amide bonds. The molecular weight excluding hydrogens is 507 g/mol. The molecule has 3 rings (SSSR count). The van der Waals surface area contributed by atoms with Crippen LogP contribution in [0.3, 0.4) is 0 Å². The van der Waals surface area contributed by atoms with E-state index in [9.17, 15) is 17.6 Å². The summed E-state index contributed by atoms with van der Waals surface area (Å²) in [5.74, 6) is -1.33. The molecule has 3 aromatic carbocycles. The number of carbonyl (C=O) groups excluding carboxylic acids is 1. The maximum absolute atomic E-state index is 14.1. The average molecular weight is 526 g/mol. The highest BCUT2D eigenvalue weighted by atomic mass is 79.9. The highest BCUT2D eigenvalue weighted by molar-refractivity contribution is 9.10. The summed E-state index contributed by atoms with van der Waals surface area (Å²) in [6.45, 7) is 3.00. The summed E-state index contributed by atoms with van der Waals surface area (Å²) < 4.78 is 42.5. The number of carbonyl (C=O) groups is 1. The minimum Gasteiger partial charge on any atom is -0.322 e. The Morgan fingerprint density at radius 1 is 1.06 bits per heavy atom. The Hall–Kier alpha value is -2.42. The van der Waals surface area contributed by atoms with Crippen molar-refractivity contribution in [2.75, 3.05) is 16.2 Å². The predicted molar refractivity (Wildman–Crippen MR) is 125 cm³/mol. The Balaban J connectivity index is 1.99. The van der Waals surface area contributed by atoms with Gasteiger partial charge in [-0.25, -0.2) is 12.8 Å². The Labute approximate surface area is 194 Å². The zero-order valence-corrected chi connectivity index (χ0v) is 19.9. The highest BCUT2D eigenvalue weighted by Crippen LogP contribution is 2.29. The quantitative estimate of drug-likeness (QED) is 0.449. The van der Waals surface area contributed by atoms with Gasteiger partial charge in [0, 0.05) is 9.50 Å². The monoisotopic (exact) mass is 524 g/mol. The van der Waals surface area contributed by atoms with Crippen molar-refractivity contribution in [3.63, 3.8) is 0 Å². The van der Waals surface area contributed by atoms with E-state index in [-0.39, 0.29) is 10.6 Å². The van der Waals surface area contributed by atoms with E-state index in [0.717, 1.165) is 9.87 Å². The van der Waals surface area contributed by atoms with Crippen LogP contribution in [-0.4, -0.2) is 20.9 Å². The Kier molecular flexibility index (Phi) is 7.03. The Morgan fingerprint density at radius 3 is 2.35 bits per heavy atom. The second kappa shape index (κ2) is 9.38. The molecule has 0 unspecified atom stereocenters. The lowest BCUT2D eigenvalue weighted by molar-refractivity contribution is -0.114. The van der Waals surface area contributed by atoms with Crippen LogP contribution < -0.4 is 9.62 Å². The van der Waals surface area contributed by atoms with E-state index >= 15 is 0 Å². The molecule has 3 aromatic rings. The van der Waals surface area contributed by atoms with Crippen LogP contribution in [-0.2, 0) is 14.8 Å². The third kappa shape index (κ3) is 5.44. The zero-order chi connectivity index (χ0) is 22.8.